The molecule has 2 aromatic carbocycles. The number of aryl methyl sites for hydroxylation is 2. The van der Waals surface area contributed by atoms with Crippen molar-refractivity contribution in [2.45, 2.75) is 11.8 Å². The second-order valence-corrected chi connectivity index (χ2v) is 7.21. The molecule has 0 radical (unpaired) electrons. The number of fused-ring (bicyclic) bond motifs is 1. The number of anilines is 1. The molecule has 0 saturated heterocycles. The maximum absolute atomic E-state index is 12.6. The second kappa shape index (κ2) is 5.43. The van der Waals surface area contributed by atoms with E-state index in [4.69, 9.17) is 16.0 Å². The van der Waals surface area contributed by atoms with Gasteiger partial charge in [0.1, 0.15) is 0 Å². The monoisotopic (exact) mass is 352 g/mol. The lowest BCUT2D eigenvalue weighted by Crippen LogP contribution is -2.14. The molecule has 0 bridgehead atoms. The predicted molar refractivity (Wildman–Crippen MR) is 88.5 cm³/mol. The molecule has 0 atom stereocenters. The molecule has 0 aliphatic rings. The summed E-state index contributed by atoms with van der Waals surface area (Å²) in [5.74, 6) is -0.542. The van der Waals surface area contributed by atoms with Crippen molar-refractivity contribution < 1.29 is 12.8 Å². The molecule has 0 saturated carbocycles. The molecule has 1 aromatic heterocycles. The minimum Gasteiger partial charge on any atom is -0.408 e. The van der Waals surface area contributed by atoms with Crippen LogP contribution in [0.5, 0.6) is 0 Å². The van der Waals surface area contributed by atoms with Gasteiger partial charge in [-0.1, -0.05) is 11.6 Å². The quantitative estimate of drug-likeness (QED) is 0.785. The lowest BCUT2D eigenvalue weighted by Gasteiger charge is -2.10. The van der Waals surface area contributed by atoms with Crippen LogP contribution >= 0.6 is 11.6 Å². The summed E-state index contributed by atoms with van der Waals surface area (Å²) in [6, 6.07) is 9.27. The average molecular weight is 353 g/mol. The van der Waals surface area contributed by atoms with Crippen LogP contribution in [0.25, 0.3) is 11.1 Å². The fourth-order valence-corrected chi connectivity index (χ4v) is 3.70. The van der Waals surface area contributed by atoms with Crippen LogP contribution in [-0.4, -0.2) is 13.0 Å². The Kier molecular flexibility index (Phi) is 3.69. The smallest absolute Gasteiger partial charge is 0.408 e. The standard InChI is InChI=1S/C15H13ClN2O4S/c1-9-7-12-13(22-15(19)18(12)2)8-14(9)23(20,21)17-11-5-3-10(16)4-6-11/h3-8,17H,1-2H3. The van der Waals surface area contributed by atoms with Crippen molar-refractivity contribution in [3.63, 3.8) is 0 Å². The van der Waals surface area contributed by atoms with E-state index in [9.17, 15) is 13.2 Å². The first-order chi connectivity index (χ1) is 10.8. The van der Waals surface area contributed by atoms with Gasteiger partial charge in [-0.3, -0.25) is 9.29 Å². The predicted octanol–water partition coefficient (Wildman–Crippen LogP) is 2.89. The highest BCUT2D eigenvalue weighted by Gasteiger charge is 2.20. The van der Waals surface area contributed by atoms with E-state index in [-0.39, 0.29) is 10.5 Å². The Bertz CT molecular complexity index is 1050. The van der Waals surface area contributed by atoms with Crippen LogP contribution in [0, 0.1) is 6.92 Å². The Morgan fingerprint density at radius 2 is 1.83 bits per heavy atom. The summed E-state index contributed by atoms with van der Waals surface area (Å²) in [4.78, 5) is 11.6. The van der Waals surface area contributed by atoms with Crippen molar-refractivity contribution in [1.29, 1.82) is 0 Å². The number of aromatic nitrogens is 1. The van der Waals surface area contributed by atoms with Crippen LogP contribution in [0.3, 0.4) is 0 Å². The van der Waals surface area contributed by atoms with Gasteiger partial charge in [0, 0.05) is 23.8 Å². The van der Waals surface area contributed by atoms with Gasteiger partial charge >= 0.3 is 5.76 Å². The van der Waals surface area contributed by atoms with Gasteiger partial charge in [-0.15, -0.1) is 0 Å². The maximum atomic E-state index is 12.6. The topological polar surface area (TPSA) is 81.3 Å². The van der Waals surface area contributed by atoms with Gasteiger partial charge in [-0.2, -0.15) is 0 Å². The number of hydrogen-bond acceptors (Lipinski definition) is 4. The minimum absolute atomic E-state index is 0.0503. The van der Waals surface area contributed by atoms with Crippen molar-refractivity contribution in [3.05, 3.63) is 57.5 Å². The fraction of sp³-hybridized carbons (Fsp3) is 0.133. The SMILES string of the molecule is Cc1cc2c(cc1S(=O)(=O)Nc1ccc(Cl)cc1)oc(=O)n2C. The highest BCUT2D eigenvalue weighted by molar-refractivity contribution is 7.92. The van der Waals surface area contributed by atoms with Crippen LogP contribution in [-0.2, 0) is 17.1 Å². The summed E-state index contributed by atoms with van der Waals surface area (Å²) in [6.45, 7) is 1.66. The van der Waals surface area contributed by atoms with Crippen LogP contribution in [0.2, 0.25) is 5.02 Å². The average Bonchev–Trinajstić information content (AvgIpc) is 2.76. The van der Waals surface area contributed by atoms with Crippen molar-refractivity contribution in [1.82, 2.24) is 4.57 Å². The number of rotatable bonds is 3. The molecule has 1 N–H and O–H groups in total. The van der Waals surface area contributed by atoms with Crippen LogP contribution in [0.15, 0.2) is 50.5 Å². The van der Waals surface area contributed by atoms with Gasteiger partial charge in [0.25, 0.3) is 10.0 Å². The number of hydrogen-bond donors (Lipinski definition) is 1. The molecule has 120 valence electrons. The second-order valence-electron chi connectivity index (χ2n) is 5.12. The molecule has 3 aromatic rings. The molecule has 0 unspecified atom stereocenters. The summed E-state index contributed by atoms with van der Waals surface area (Å²) in [7, 11) is -2.25. The van der Waals surface area contributed by atoms with Gasteiger partial charge in [0.2, 0.25) is 0 Å². The number of halogens is 1. The summed E-state index contributed by atoms with van der Waals surface area (Å²) in [5.41, 5.74) is 1.66. The minimum atomic E-state index is -3.82. The van der Waals surface area contributed by atoms with E-state index in [1.54, 1.807) is 44.3 Å². The van der Waals surface area contributed by atoms with Gasteiger partial charge in [-0.25, -0.2) is 13.2 Å². The molecule has 0 spiro atoms. The molecular formula is C15H13ClN2O4S. The molecule has 6 nitrogen and oxygen atoms in total. The number of oxazole rings is 1. The Morgan fingerprint density at radius 1 is 1.17 bits per heavy atom. The Hall–Kier alpha value is -2.25. The number of sulfonamides is 1. The van der Waals surface area contributed by atoms with Crippen molar-refractivity contribution in [3.8, 4) is 0 Å². The first-order valence-corrected chi connectivity index (χ1v) is 8.52. The lowest BCUT2D eigenvalue weighted by atomic mass is 10.2. The first kappa shape index (κ1) is 15.6. The number of nitrogens with one attached hydrogen (secondary N) is 1. The summed E-state index contributed by atoms with van der Waals surface area (Å²) >= 11 is 5.79. The third kappa shape index (κ3) is 2.85. The Labute approximate surface area is 137 Å². The van der Waals surface area contributed by atoms with Crippen LogP contribution in [0.4, 0.5) is 5.69 Å². The van der Waals surface area contributed by atoms with Crippen molar-refractivity contribution in [2.75, 3.05) is 4.72 Å². The van der Waals surface area contributed by atoms with Crippen LogP contribution in [0.1, 0.15) is 5.56 Å². The number of nitrogens with zero attached hydrogens (tertiary/aromatic N) is 1. The van der Waals surface area contributed by atoms with Gasteiger partial charge in [0.15, 0.2) is 5.58 Å². The summed E-state index contributed by atoms with van der Waals surface area (Å²) in [5, 5.41) is 0.511. The van der Waals surface area contributed by atoms with E-state index in [1.165, 1.54) is 10.6 Å². The number of benzene rings is 2. The molecular weight excluding hydrogens is 340 g/mol. The molecule has 0 fully saturated rings. The highest BCUT2D eigenvalue weighted by atomic mass is 35.5. The van der Waals surface area contributed by atoms with Crippen LogP contribution < -0.4 is 10.5 Å². The third-order valence-electron chi connectivity index (χ3n) is 3.47. The van der Waals surface area contributed by atoms with E-state index in [0.29, 0.717) is 21.8 Å². The molecule has 8 heteroatoms. The van der Waals surface area contributed by atoms with E-state index < -0.39 is 15.8 Å². The molecule has 0 aliphatic heterocycles. The maximum Gasteiger partial charge on any atom is 0.419 e. The first-order valence-electron chi connectivity index (χ1n) is 6.66. The molecule has 1 heterocycles. The van der Waals surface area contributed by atoms with E-state index >= 15 is 0 Å². The van der Waals surface area contributed by atoms with Gasteiger partial charge < -0.3 is 4.42 Å². The van der Waals surface area contributed by atoms with Crippen molar-refractivity contribution in [2.24, 2.45) is 7.05 Å². The van der Waals surface area contributed by atoms with E-state index in [2.05, 4.69) is 4.72 Å². The zero-order chi connectivity index (χ0) is 16.8. The van der Waals surface area contributed by atoms with E-state index in [1.807, 2.05) is 0 Å². The fourth-order valence-electron chi connectivity index (χ4n) is 2.28. The largest absolute Gasteiger partial charge is 0.419 e. The lowest BCUT2D eigenvalue weighted by molar-refractivity contribution is 0.527. The summed E-state index contributed by atoms with van der Waals surface area (Å²) in [6.07, 6.45) is 0. The molecule has 3 rings (SSSR count). The Morgan fingerprint density at radius 3 is 2.48 bits per heavy atom. The van der Waals surface area contributed by atoms with Gasteiger partial charge in [0.05, 0.1) is 10.4 Å². The zero-order valence-electron chi connectivity index (χ0n) is 12.3. The third-order valence-corrected chi connectivity index (χ3v) is 5.25. The van der Waals surface area contributed by atoms with Gasteiger partial charge in [-0.05, 0) is 42.8 Å². The zero-order valence-corrected chi connectivity index (χ0v) is 13.9. The van der Waals surface area contributed by atoms with E-state index in [0.717, 1.165) is 0 Å². The molecule has 0 amide bonds. The highest BCUT2D eigenvalue weighted by Crippen LogP contribution is 2.25. The molecule has 23 heavy (non-hydrogen) atoms. The Balaban J connectivity index is 2.09. The summed E-state index contributed by atoms with van der Waals surface area (Å²) < 4.78 is 34.0. The molecule has 0 aliphatic carbocycles. The normalized spacial score (nSPS) is 11.8. The van der Waals surface area contributed by atoms with Crippen molar-refractivity contribution >= 4 is 38.4 Å².